The van der Waals surface area contributed by atoms with Crippen molar-refractivity contribution >= 4 is 0 Å². The quantitative estimate of drug-likeness (QED) is 0.790. The highest BCUT2D eigenvalue weighted by Crippen LogP contribution is 2.27. The number of rotatable bonds is 6. The molecule has 4 nitrogen and oxygen atoms in total. The lowest BCUT2D eigenvalue weighted by Gasteiger charge is -2.40. The van der Waals surface area contributed by atoms with Crippen molar-refractivity contribution < 1.29 is 14.3 Å². The Hall–Kier alpha value is -0.840. The third-order valence-corrected chi connectivity index (χ3v) is 3.39. The fourth-order valence-corrected chi connectivity index (χ4v) is 1.93. The summed E-state index contributed by atoms with van der Waals surface area (Å²) >= 11 is 0. The second-order valence-corrected chi connectivity index (χ2v) is 4.91. The van der Waals surface area contributed by atoms with E-state index >= 15 is 0 Å². The van der Waals surface area contributed by atoms with Gasteiger partial charge in [-0.25, -0.2) is 0 Å². The molecular weight excluding hydrogens is 218 g/mol. The molecule has 0 aliphatic carbocycles. The van der Waals surface area contributed by atoms with Crippen LogP contribution in [0.4, 0.5) is 0 Å². The van der Waals surface area contributed by atoms with Crippen LogP contribution >= 0.6 is 0 Å². The summed E-state index contributed by atoms with van der Waals surface area (Å²) in [5.41, 5.74) is -0.0889. The first-order valence-electron chi connectivity index (χ1n) is 6.20. The Morgan fingerprint density at radius 3 is 2.71 bits per heavy atom. The summed E-state index contributed by atoms with van der Waals surface area (Å²) in [6, 6.07) is 4.19. The first kappa shape index (κ1) is 12.6. The summed E-state index contributed by atoms with van der Waals surface area (Å²) in [4.78, 5) is 0. The van der Waals surface area contributed by atoms with E-state index in [0.717, 1.165) is 24.5 Å². The zero-order chi connectivity index (χ0) is 12.3. The van der Waals surface area contributed by atoms with E-state index in [1.165, 1.54) is 0 Å². The monoisotopic (exact) mass is 239 g/mol. The molecule has 2 rings (SSSR count). The van der Waals surface area contributed by atoms with Crippen molar-refractivity contribution in [2.45, 2.75) is 26.3 Å². The number of aryl methyl sites for hydroxylation is 1. The van der Waals surface area contributed by atoms with E-state index in [9.17, 15) is 5.11 Å². The van der Waals surface area contributed by atoms with Gasteiger partial charge in [-0.3, -0.25) is 0 Å². The maximum absolute atomic E-state index is 9.32. The van der Waals surface area contributed by atoms with Crippen molar-refractivity contribution in [1.29, 1.82) is 0 Å². The molecule has 0 saturated carbocycles. The molecule has 0 bridgehead atoms. The first-order chi connectivity index (χ1) is 8.19. The zero-order valence-electron chi connectivity index (χ0n) is 10.5. The van der Waals surface area contributed by atoms with Gasteiger partial charge in [0.05, 0.1) is 31.3 Å². The van der Waals surface area contributed by atoms with Gasteiger partial charge in [-0.05, 0) is 19.1 Å². The molecule has 1 atom stereocenters. The average Bonchev–Trinajstić information content (AvgIpc) is 2.76. The van der Waals surface area contributed by atoms with E-state index in [1.54, 1.807) is 0 Å². The van der Waals surface area contributed by atoms with Crippen LogP contribution in [0.1, 0.15) is 31.4 Å². The second kappa shape index (κ2) is 5.21. The van der Waals surface area contributed by atoms with Gasteiger partial charge in [0.2, 0.25) is 0 Å². The van der Waals surface area contributed by atoms with Gasteiger partial charge in [0.25, 0.3) is 0 Å². The van der Waals surface area contributed by atoms with Crippen LogP contribution in [0.2, 0.25) is 0 Å². The van der Waals surface area contributed by atoms with Crippen molar-refractivity contribution in [3.05, 3.63) is 23.7 Å². The van der Waals surface area contributed by atoms with Gasteiger partial charge in [0, 0.05) is 13.0 Å². The molecule has 0 spiro atoms. The predicted molar refractivity (Wildman–Crippen MR) is 64.8 cm³/mol. The van der Waals surface area contributed by atoms with Crippen molar-refractivity contribution in [2.24, 2.45) is 5.41 Å². The number of hydrogen-bond donors (Lipinski definition) is 2. The first-order valence-corrected chi connectivity index (χ1v) is 6.20. The van der Waals surface area contributed by atoms with Gasteiger partial charge in [-0.1, -0.05) is 6.92 Å². The fourth-order valence-electron chi connectivity index (χ4n) is 1.93. The van der Waals surface area contributed by atoms with E-state index in [2.05, 4.69) is 19.2 Å². The number of hydrogen-bond acceptors (Lipinski definition) is 4. The molecule has 1 aromatic rings. The third kappa shape index (κ3) is 2.70. The molecule has 1 aromatic heterocycles. The molecule has 1 aliphatic heterocycles. The molecule has 17 heavy (non-hydrogen) atoms. The number of ether oxygens (including phenoxy) is 1. The molecule has 1 aliphatic rings. The number of aliphatic hydroxyl groups is 1. The van der Waals surface area contributed by atoms with Crippen molar-refractivity contribution in [1.82, 2.24) is 5.32 Å². The SMILES string of the molecule is CCc1ccc(C(C)NCC2(CO)COC2)o1. The summed E-state index contributed by atoms with van der Waals surface area (Å²) in [5, 5.41) is 12.7. The topological polar surface area (TPSA) is 54.6 Å². The molecular formula is C13H21NO3. The third-order valence-electron chi connectivity index (χ3n) is 3.39. The van der Waals surface area contributed by atoms with Crippen LogP contribution in [0.25, 0.3) is 0 Å². The zero-order valence-corrected chi connectivity index (χ0v) is 10.5. The van der Waals surface area contributed by atoms with Crippen LogP contribution in [0.5, 0.6) is 0 Å². The van der Waals surface area contributed by atoms with Crippen LogP contribution in [0.15, 0.2) is 16.5 Å². The highest BCUT2D eigenvalue weighted by atomic mass is 16.5. The molecule has 1 fully saturated rings. The molecule has 1 saturated heterocycles. The fraction of sp³-hybridized carbons (Fsp3) is 0.692. The summed E-state index contributed by atoms with van der Waals surface area (Å²) < 4.78 is 10.9. The van der Waals surface area contributed by atoms with Gasteiger partial charge in [-0.2, -0.15) is 0 Å². The van der Waals surface area contributed by atoms with E-state index in [4.69, 9.17) is 9.15 Å². The molecule has 2 heterocycles. The normalized spacial score (nSPS) is 19.9. The maximum Gasteiger partial charge on any atom is 0.120 e. The lowest BCUT2D eigenvalue weighted by atomic mass is 9.87. The Balaban J connectivity index is 1.86. The lowest BCUT2D eigenvalue weighted by molar-refractivity contribution is -0.135. The minimum atomic E-state index is -0.0889. The van der Waals surface area contributed by atoms with Gasteiger partial charge in [0.15, 0.2) is 0 Å². The summed E-state index contributed by atoms with van der Waals surface area (Å²) in [5.74, 6) is 1.97. The summed E-state index contributed by atoms with van der Waals surface area (Å²) in [6.45, 7) is 6.36. The molecule has 0 aromatic carbocycles. The van der Waals surface area contributed by atoms with Crippen LogP contribution < -0.4 is 5.32 Å². The molecule has 0 amide bonds. The van der Waals surface area contributed by atoms with E-state index in [-0.39, 0.29) is 18.1 Å². The van der Waals surface area contributed by atoms with E-state index < -0.39 is 0 Å². The van der Waals surface area contributed by atoms with Crippen LogP contribution in [0, 0.1) is 5.41 Å². The Labute approximate surface area is 102 Å². The Morgan fingerprint density at radius 1 is 1.47 bits per heavy atom. The largest absolute Gasteiger partial charge is 0.464 e. The number of nitrogens with one attached hydrogen (secondary N) is 1. The van der Waals surface area contributed by atoms with Crippen LogP contribution in [0.3, 0.4) is 0 Å². The van der Waals surface area contributed by atoms with E-state index in [0.29, 0.717) is 13.2 Å². The Kier molecular flexibility index (Phi) is 3.86. The minimum Gasteiger partial charge on any atom is -0.464 e. The molecule has 1 unspecified atom stereocenters. The van der Waals surface area contributed by atoms with Crippen molar-refractivity contribution in [3.63, 3.8) is 0 Å². The van der Waals surface area contributed by atoms with Gasteiger partial charge >= 0.3 is 0 Å². The Bertz CT molecular complexity index is 352. The molecule has 96 valence electrons. The molecule has 2 N–H and O–H groups in total. The standard InChI is InChI=1S/C13H21NO3/c1-3-11-4-5-12(17-11)10(2)14-6-13(7-15)8-16-9-13/h4-5,10,14-15H,3,6-9H2,1-2H3. The lowest BCUT2D eigenvalue weighted by Crippen LogP contribution is -2.52. The molecule has 4 heteroatoms. The highest BCUT2D eigenvalue weighted by Gasteiger charge is 2.38. The van der Waals surface area contributed by atoms with Crippen molar-refractivity contribution in [2.75, 3.05) is 26.4 Å². The van der Waals surface area contributed by atoms with E-state index in [1.807, 2.05) is 12.1 Å². The molecule has 0 radical (unpaired) electrons. The number of furan rings is 1. The van der Waals surface area contributed by atoms with Gasteiger partial charge < -0.3 is 19.6 Å². The van der Waals surface area contributed by atoms with Crippen LogP contribution in [-0.4, -0.2) is 31.5 Å². The smallest absolute Gasteiger partial charge is 0.120 e. The summed E-state index contributed by atoms with van der Waals surface area (Å²) in [6.07, 6.45) is 0.918. The summed E-state index contributed by atoms with van der Waals surface area (Å²) in [7, 11) is 0. The predicted octanol–water partition coefficient (Wildman–Crippen LogP) is 1.50. The van der Waals surface area contributed by atoms with Gasteiger partial charge in [-0.15, -0.1) is 0 Å². The highest BCUT2D eigenvalue weighted by molar-refractivity contribution is 5.10. The average molecular weight is 239 g/mol. The van der Waals surface area contributed by atoms with Crippen LogP contribution in [-0.2, 0) is 11.2 Å². The number of aliphatic hydroxyl groups excluding tert-OH is 1. The van der Waals surface area contributed by atoms with Crippen molar-refractivity contribution in [3.8, 4) is 0 Å². The van der Waals surface area contributed by atoms with Gasteiger partial charge in [0.1, 0.15) is 11.5 Å². The maximum atomic E-state index is 9.32. The Morgan fingerprint density at radius 2 is 2.24 bits per heavy atom. The minimum absolute atomic E-state index is 0.0889. The second-order valence-electron chi connectivity index (χ2n) is 4.91.